The first-order valence-electron chi connectivity index (χ1n) is 9.44. The van der Waals surface area contributed by atoms with Crippen LogP contribution < -0.4 is 4.74 Å². The van der Waals surface area contributed by atoms with Crippen molar-refractivity contribution in [3.8, 4) is 5.75 Å². The van der Waals surface area contributed by atoms with Crippen molar-refractivity contribution in [3.05, 3.63) is 101 Å². The number of benzene rings is 3. The lowest BCUT2D eigenvalue weighted by molar-refractivity contribution is 0.104. The van der Waals surface area contributed by atoms with Crippen molar-refractivity contribution >= 4 is 0 Å². The number of hydrogen-bond acceptors (Lipinski definition) is 3. The number of hydrogen-bond donors (Lipinski definition) is 1. The van der Waals surface area contributed by atoms with E-state index in [2.05, 4.69) is 4.90 Å². The molecule has 3 rings (SSSR count). The third kappa shape index (κ3) is 5.91. The van der Waals surface area contributed by atoms with Crippen molar-refractivity contribution in [3.63, 3.8) is 0 Å². The van der Waals surface area contributed by atoms with Crippen molar-refractivity contribution in [2.75, 3.05) is 13.7 Å². The van der Waals surface area contributed by atoms with E-state index in [1.54, 1.807) is 19.2 Å². The number of aliphatic hydroxyl groups excluding tert-OH is 1. The molecule has 0 amide bonds. The molecule has 3 aromatic rings. The molecule has 0 saturated carbocycles. The second kappa shape index (κ2) is 10.0. The van der Waals surface area contributed by atoms with Crippen LogP contribution in [0.3, 0.4) is 0 Å². The minimum atomic E-state index is -0.535. The predicted octanol–water partition coefficient (Wildman–Crippen LogP) is 4.44. The molecule has 3 nitrogen and oxygen atoms in total. The molecular formula is C24H26FNO2. The van der Waals surface area contributed by atoms with Crippen LogP contribution in [0.2, 0.25) is 0 Å². The molecule has 0 heterocycles. The van der Waals surface area contributed by atoms with Gasteiger partial charge in [-0.25, -0.2) is 4.39 Å². The Labute approximate surface area is 166 Å². The van der Waals surface area contributed by atoms with E-state index in [-0.39, 0.29) is 5.82 Å². The second-order valence-corrected chi connectivity index (χ2v) is 6.95. The molecule has 0 bridgehead atoms. The van der Waals surface area contributed by atoms with E-state index in [9.17, 15) is 9.50 Å². The highest BCUT2D eigenvalue weighted by Gasteiger charge is 2.15. The number of methoxy groups -OCH3 is 1. The molecular weight excluding hydrogens is 353 g/mol. The maximum absolute atomic E-state index is 14.2. The van der Waals surface area contributed by atoms with Gasteiger partial charge in [-0.3, -0.25) is 4.90 Å². The van der Waals surface area contributed by atoms with Crippen LogP contribution >= 0.6 is 0 Å². The van der Waals surface area contributed by atoms with Gasteiger partial charge in [0.1, 0.15) is 11.6 Å². The van der Waals surface area contributed by atoms with Crippen LogP contribution in [0.25, 0.3) is 0 Å². The number of ether oxygens (including phenoxy) is 1. The summed E-state index contributed by atoms with van der Waals surface area (Å²) in [7, 11) is 1.64. The van der Waals surface area contributed by atoms with Crippen LogP contribution in [0.5, 0.6) is 5.75 Å². The summed E-state index contributed by atoms with van der Waals surface area (Å²) in [5.41, 5.74) is 2.80. The first kappa shape index (κ1) is 20.1. The highest BCUT2D eigenvalue weighted by atomic mass is 19.1. The van der Waals surface area contributed by atoms with E-state index in [0.29, 0.717) is 31.6 Å². The Morgan fingerprint density at radius 1 is 0.857 bits per heavy atom. The normalized spacial score (nSPS) is 12.1. The standard InChI is InChI=1S/C24H26FNO2/c1-28-23-13-11-20(12-14-23)16-26(17-21-9-5-6-10-24(21)25)18-22(27)15-19-7-3-2-4-8-19/h2-14,22,27H,15-18H2,1H3/t22-/m0/s1. The molecule has 0 fully saturated rings. The average Bonchev–Trinajstić information content (AvgIpc) is 2.71. The molecule has 28 heavy (non-hydrogen) atoms. The first-order chi connectivity index (χ1) is 13.6. The maximum Gasteiger partial charge on any atom is 0.127 e. The molecule has 3 aromatic carbocycles. The number of nitrogens with zero attached hydrogens (tertiary/aromatic N) is 1. The summed E-state index contributed by atoms with van der Waals surface area (Å²) in [5, 5.41) is 10.6. The average molecular weight is 379 g/mol. The zero-order valence-corrected chi connectivity index (χ0v) is 16.1. The van der Waals surface area contributed by atoms with Crippen LogP contribution in [0.1, 0.15) is 16.7 Å². The Morgan fingerprint density at radius 3 is 2.21 bits per heavy atom. The van der Waals surface area contributed by atoms with Crippen LogP contribution in [0, 0.1) is 5.82 Å². The molecule has 0 aliphatic rings. The summed E-state index contributed by atoms with van der Waals surface area (Å²) in [6.45, 7) is 1.50. The Bertz CT molecular complexity index is 852. The minimum absolute atomic E-state index is 0.222. The molecule has 4 heteroatoms. The lowest BCUT2D eigenvalue weighted by atomic mass is 10.1. The highest BCUT2D eigenvalue weighted by Crippen LogP contribution is 2.17. The monoisotopic (exact) mass is 379 g/mol. The zero-order valence-electron chi connectivity index (χ0n) is 16.1. The lowest BCUT2D eigenvalue weighted by Gasteiger charge is -2.26. The molecule has 0 saturated heterocycles. The van der Waals surface area contributed by atoms with E-state index in [1.165, 1.54) is 6.07 Å². The molecule has 0 radical (unpaired) electrons. The summed E-state index contributed by atoms with van der Waals surface area (Å²) in [6, 6.07) is 24.5. The fraction of sp³-hybridized carbons (Fsp3) is 0.250. The van der Waals surface area contributed by atoms with Gasteiger partial charge >= 0.3 is 0 Å². The van der Waals surface area contributed by atoms with Gasteiger partial charge in [-0.05, 0) is 35.7 Å². The summed E-state index contributed by atoms with van der Waals surface area (Å²) < 4.78 is 19.4. The Morgan fingerprint density at radius 2 is 1.54 bits per heavy atom. The highest BCUT2D eigenvalue weighted by molar-refractivity contribution is 5.27. The predicted molar refractivity (Wildman–Crippen MR) is 110 cm³/mol. The molecule has 0 spiro atoms. The van der Waals surface area contributed by atoms with Gasteiger partial charge in [-0.1, -0.05) is 60.7 Å². The number of aliphatic hydroxyl groups is 1. The van der Waals surface area contributed by atoms with Gasteiger partial charge in [0, 0.05) is 25.2 Å². The van der Waals surface area contributed by atoms with Crippen molar-refractivity contribution in [2.24, 2.45) is 0 Å². The number of rotatable bonds is 9. The second-order valence-electron chi connectivity index (χ2n) is 6.95. The maximum atomic E-state index is 14.2. The minimum Gasteiger partial charge on any atom is -0.497 e. The van der Waals surface area contributed by atoms with E-state index >= 15 is 0 Å². The van der Waals surface area contributed by atoms with Gasteiger partial charge in [0.25, 0.3) is 0 Å². The van der Waals surface area contributed by atoms with E-state index in [4.69, 9.17) is 4.74 Å². The smallest absolute Gasteiger partial charge is 0.127 e. The zero-order chi connectivity index (χ0) is 19.8. The van der Waals surface area contributed by atoms with Gasteiger partial charge in [0.15, 0.2) is 0 Å². The van der Waals surface area contributed by atoms with E-state index in [1.807, 2.05) is 60.7 Å². The molecule has 0 aromatic heterocycles. The third-order valence-electron chi connectivity index (χ3n) is 4.70. The Hall–Kier alpha value is -2.69. The molecule has 0 aliphatic heterocycles. The van der Waals surface area contributed by atoms with Crippen molar-refractivity contribution in [2.45, 2.75) is 25.6 Å². The molecule has 1 N–H and O–H groups in total. The summed E-state index contributed by atoms with van der Waals surface area (Å²) in [5.74, 6) is 0.577. The topological polar surface area (TPSA) is 32.7 Å². The largest absolute Gasteiger partial charge is 0.497 e. The van der Waals surface area contributed by atoms with Gasteiger partial charge < -0.3 is 9.84 Å². The SMILES string of the molecule is COc1ccc(CN(Cc2ccccc2F)C[C@@H](O)Cc2ccccc2)cc1. The summed E-state index contributed by atoms with van der Waals surface area (Å²) in [6.07, 6.45) is 0.0319. The van der Waals surface area contributed by atoms with Crippen molar-refractivity contribution in [1.82, 2.24) is 4.90 Å². The molecule has 0 aliphatic carbocycles. The quantitative estimate of drug-likeness (QED) is 0.597. The first-order valence-corrected chi connectivity index (χ1v) is 9.44. The fourth-order valence-corrected chi connectivity index (χ4v) is 3.29. The summed E-state index contributed by atoms with van der Waals surface area (Å²) >= 11 is 0. The van der Waals surface area contributed by atoms with Crippen molar-refractivity contribution in [1.29, 1.82) is 0 Å². The summed E-state index contributed by atoms with van der Waals surface area (Å²) in [4.78, 5) is 2.08. The Kier molecular flexibility index (Phi) is 7.18. The number of halogens is 1. The molecule has 1 atom stereocenters. The van der Waals surface area contributed by atoms with Crippen LogP contribution in [0.15, 0.2) is 78.9 Å². The molecule has 0 unspecified atom stereocenters. The van der Waals surface area contributed by atoms with E-state index in [0.717, 1.165) is 16.9 Å². The van der Waals surface area contributed by atoms with Crippen LogP contribution in [-0.4, -0.2) is 29.8 Å². The third-order valence-corrected chi connectivity index (χ3v) is 4.70. The Balaban J connectivity index is 1.72. The van der Waals surface area contributed by atoms with Gasteiger partial charge in [-0.15, -0.1) is 0 Å². The molecule has 146 valence electrons. The van der Waals surface area contributed by atoms with Crippen molar-refractivity contribution < 1.29 is 14.2 Å². The lowest BCUT2D eigenvalue weighted by Crippen LogP contribution is -2.33. The van der Waals surface area contributed by atoms with Crippen LogP contribution in [-0.2, 0) is 19.5 Å². The van der Waals surface area contributed by atoms with E-state index < -0.39 is 6.10 Å². The van der Waals surface area contributed by atoms with Gasteiger partial charge in [-0.2, -0.15) is 0 Å². The van der Waals surface area contributed by atoms with Gasteiger partial charge in [0.05, 0.1) is 13.2 Å². The fourth-order valence-electron chi connectivity index (χ4n) is 3.29. The van der Waals surface area contributed by atoms with Crippen LogP contribution in [0.4, 0.5) is 4.39 Å². The van der Waals surface area contributed by atoms with Gasteiger partial charge in [0.2, 0.25) is 0 Å².